The van der Waals surface area contributed by atoms with Crippen LogP contribution in [0.2, 0.25) is 0 Å². The van der Waals surface area contributed by atoms with E-state index in [9.17, 15) is 8.78 Å². The van der Waals surface area contributed by atoms with Crippen molar-refractivity contribution in [2.24, 2.45) is 0 Å². The SMILES string of the molecule is CCNC(c1ccccn1)c1ccc(F)cc1F. The minimum atomic E-state index is -0.576. The molecule has 1 aromatic carbocycles. The molecule has 4 heteroatoms. The lowest BCUT2D eigenvalue weighted by atomic mass is 10.0. The monoisotopic (exact) mass is 248 g/mol. The Kier molecular flexibility index (Phi) is 3.99. The molecular weight excluding hydrogens is 234 g/mol. The Hall–Kier alpha value is -1.81. The molecule has 0 bridgehead atoms. The van der Waals surface area contributed by atoms with Gasteiger partial charge in [-0.25, -0.2) is 8.78 Å². The zero-order valence-corrected chi connectivity index (χ0v) is 10.0. The Morgan fingerprint density at radius 2 is 2.06 bits per heavy atom. The minimum Gasteiger partial charge on any atom is -0.305 e. The molecule has 1 aromatic heterocycles. The number of pyridine rings is 1. The van der Waals surface area contributed by atoms with Gasteiger partial charge in [0.15, 0.2) is 0 Å². The molecule has 1 heterocycles. The summed E-state index contributed by atoms with van der Waals surface area (Å²) in [6.07, 6.45) is 1.65. The molecule has 2 nitrogen and oxygen atoms in total. The van der Waals surface area contributed by atoms with Crippen molar-refractivity contribution in [2.75, 3.05) is 6.54 Å². The van der Waals surface area contributed by atoms with Gasteiger partial charge < -0.3 is 5.32 Å². The van der Waals surface area contributed by atoms with Gasteiger partial charge in [-0.15, -0.1) is 0 Å². The largest absolute Gasteiger partial charge is 0.305 e. The second-order valence-electron chi connectivity index (χ2n) is 3.91. The predicted molar refractivity (Wildman–Crippen MR) is 66.1 cm³/mol. The maximum Gasteiger partial charge on any atom is 0.131 e. The van der Waals surface area contributed by atoms with Crippen LogP contribution in [0.1, 0.15) is 24.2 Å². The van der Waals surface area contributed by atoms with Gasteiger partial charge in [-0.1, -0.05) is 19.1 Å². The van der Waals surface area contributed by atoms with Crippen LogP contribution < -0.4 is 5.32 Å². The smallest absolute Gasteiger partial charge is 0.131 e. The average molecular weight is 248 g/mol. The van der Waals surface area contributed by atoms with E-state index in [0.29, 0.717) is 17.8 Å². The second kappa shape index (κ2) is 5.69. The van der Waals surface area contributed by atoms with E-state index in [1.54, 1.807) is 12.3 Å². The molecule has 0 radical (unpaired) electrons. The third kappa shape index (κ3) is 2.71. The molecule has 0 aliphatic heterocycles. The molecule has 0 aliphatic carbocycles. The lowest BCUT2D eigenvalue weighted by Crippen LogP contribution is -2.23. The zero-order chi connectivity index (χ0) is 13.0. The molecule has 0 amide bonds. The second-order valence-corrected chi connectivity index (χ2v) is 3.91. The van der Waals surface area contributed by atoms with Gasteiger partial charge in [-0.05, 0) is 24.7 Å². The number of hydrogen-bond acceptors (Lipinski definition) is 2. The van der Waals surface area contributed by atoms with E-state index >= 15 is 0 Å². The number of nitrogens with zero attached hydrogens (tertiary/aromatic N) is 1. The Morgan fingerprint density at radius 1 is 1.22 bits per heavy atom. The summed E-state index contributed by atoms with van der Waals surface area (Å²) < 4.78 is 26.7. The van der Waals surface area contributed by atoms with Gasteiger partial charge in [0.1, 0.15) is 11.6 Å². The Bertz CT molecular complexity index is 514. The minimum absolute atomic E-state index is 0.364. The molecule has 0 saturated heterocycles. The first-order valence-corrected chi connectivity index (χ1v) is 5.81. The molecular formula is C14H14F2N2. The highest BCUT2D eigenvalue weighted by molar-refractivity contribution is 5.29. The maximum absolute atomic E-state index is 13.8. The van der Waals surface area contributed by atoms with Gasteiger partial charge in [0.2, 0.25) is 0 Å². The fourth-order valence-electron chi connectivity index (χ4n) is 1.86. The molecule has 0 saturated carbocycles. The van der Waals surface area contributed by atoms with Crippen LogP contribution in [-0.4, -0.2) is 11.5 Å². The van der Waals surface area contributed by atoms with Gasteiger partial charge in [-0.3, -0.25) is 4.98 Å². The predicted octanol–water partition coefficient (Wildman–Crippen LogP) is 3.06. The first kappa shape index (κ1) is 12.6. The maximum atomic E-state index is 13.8. The topological polar surface area (TPSA) is 24.9 Å². The fraction of sp³-hybridized carbons (Fsp3) is 0.214. The molecule has 2 aromatic rings. The van der Waals surface area contributed by atoms with E-state index in [1.807, 2.05) is 19.1 Å². The van der Waals surface area contributed by atoms with Crippen LogP contribution in [0, 0.1) is 11.6 Å². The van der Waals surface area contributed by atoms with Crippen molar-refractivity contribution in [3.8, 4) is 0 Å². The summed E-state index contributed by atoms with van der Waals surface area (Å²) in [5.41, 5.74) is 1.11. The number of nitrogens with one attached hydrogen (secondary N) is 1. The molecule has 1 N–H and O–H groups in total. The van der Waals surface area contributed by atoms with E-state index in [-0.39, 0.29) is 6.04 Å². The Balaban J connectivity index is 2.41. The lowest BCUT2D eigenvalue weighted by Gasteiger charge is -2.18. The Labute approximate surface area is 105 Å². The number of benzene rings is 1. The van der Waals surface area contributed by atoms with Crippen molar-refractivity contribution in [3.63, 3.8) is 0 Å². The molecule has 1 unspecified atom stereocenters. The summed E-state index contributed by atoms with van der Waals surface area (Å²) in [5, 5.41) is 3.15. The molecule has 2 rings (SSSR count). The van der Waals surface area contributed by atoms with E-state index in [4.69, 9.17) is 0 Å². The first-order chi connectivity index (χ1) is 8.72. The van der Waals surface area contributed by atoms with Crippen molar-refractivity contribution < 1.29 is 8.78 Å². The van der Waals surface area contributed by atoms with Crippen LogP contribution in [0.25, 0.3) is 0 Å². The van der Waals surface area contributed by atoms with Crippen molar-refractivity contribution >= 4 is 0 Å². The zero-order valence-electron chi connectivity index (χ0n) is 10.0. The third-order valence-corrected chi connectivity index (χ3v) is 2.67. The summed E-state index contributed by atoms with van der Waals surface area (Å²) in [6, 6.07) is 8.69. The van der Waals surface area contributed by atoms with Crippen LogP contribution in [-0.2, 0) is 0 Å². The summed E-state index contributed by atoms with van der Waals surface area (Å²) >= 11 is 0. The van der Waals surface area contributed by atoms with Gasteiger partial charge in [0.05, 0.1) is 11.7 Å². The number of halogens is 2. The van der Waals surface area contributed by atoms with Crippen molar-refractivity contribution in [3.05, 3.63) is 65.5 Å². The quantitative estimate of drug-likeness (QED) is 0.899. The van der Waals surface area contributed by atoms with Crippen molar-refractivity contribution in [1.29, 1.82) is 0 Å². The van der Waals surface area contributed by atoms with Gasteiger partial charge in [0, 0.05) is 17.8 Å². The van der Waals surface area contributed by atoms with Crippen LogP contribution in [0.5, 0.6) is 0 Å². The summed E-state index contributed by atoms with van der Waals surface area (Å²) in [5.74, 6) is -1.14. The van der Waals surface area contributed by atoms with E-state index in [1.165, 1.54) is 12.1 Å². The molecule has 0 aliphatic rings. The molecule has 0 spiro atoms. The van der Waals surface area contributed by atoms with E-state index in [2.05, 4.69) is 10.3 Å². The highest BCUT2D eigenvalue weighted by Crippen LogP contribution is 2.23. The lowest BCUT2D eigenvalue weighted by molar-refractivity contribution is 0.536. The molecule has 1 atom stereocenters. The van der Waals surface area contributed by atoms with E-state index in [0.717, 1.165) is 6.07 Å². The highest BCUT2D eigenvalue weighted by atomic mass is 19.1. The average Bonchev–Trinajstić information content (AvgIpc) is 2.38. The number of hydrogen-bond donors (Lipinski definition) is 1. The van der Waals surface area contributed by atoms with Crippen LogP contribution in [0.4, 0.5) is 8.78 Å². The summed E-state index contributed by atoms with van der Waals surface area (Å²) in [6.45, 7) is 2.59. The van der Waals surface area contributed by atoms with Crippen LogP contribution >= 0.6 is 0 Å². The molecule has 0 fully saturated rings. The van der Waals surface area contributed by atoms with Gasteiger partial charge in [0.25, 0.3) is 0 Å². The molecule has 18 heavy (non-hydrogen) atoms. The normalized spacial score (nSPS) is 12.4. The third-order valence-electron chi connectivity index (χ3n) is 2.67. The first-order valence-electron chi connectivity index (χ1n) is 5.81. The standard InChI is InChI=1S/C14H14F2N2/c1-2-17-14(13-5-3-4-8-18-13)11-7-6-10(15)9-12(11)16/h3-9,14,17H,2H2,1H3. The van der Waals surface area contributed by atoms with Crippen LogP contribution in [0.15, 0.2) is 42.6 Å². The van der Waals surface area contributed by atoms with Crippen LogP contribution in [0.3, 0.4) is 0 Å². The summed E-state index contributed by atoms with van der Waals surface area (Å²) in [7, 11) is 0. The number of aromatic nitrogens is 1. The summed E-state index contributed by atoms with van der Waals surface area (Å²) in [4.78, 5) is 4.21. The number of rotatable bonds is 4. The fourth-order valence-corrected chi connectivity index (χ4v) is 1.86. The van der Waals surface area contributed by atoms with Crippen molar-refractivity contribution in [2.45, 2.75) is 13.0 Å². The highest BCUT2D eigenvalue weighted by Gasteiger charge is 2.18. The Morgan fingerprint density at radius 3 is 2.67 bits per heavy atom. The van der Waals surface area contributed by atoms with Crippen molar-refractivity contribution in [1.82, 2.24) is 10.3 Å². The van der Waals surface area contributed by atoms with Gasteiger partial charge >= 0.3 is 0 Å². The van der Waals surface area contributed by atoms with E-state index < -0.39 is 11.6 Å². The molecule has 94 valence electrons. The van der Waals surface area contributed by atoms with Gasteiger partial charge in [-0.2, -0.15) is 0 Å².